The third-order valence-electron chi connectivity index (χ3n) is 3.78. The Balaban J connectivity index is 1.73. The van der Waals surface area contributed by atoms with Crippen LogP contribution in [0.3, 0.4) is 0 Å². The summed E-state index contributed by atoms with van der Waals surface area (Å²) in [6, 6.07) is 14.6. The Morgan fingerprint density at radius 2 is 1.91 bits per heavy atom. The number of hydrogen-bond donors (Lipinski definition) is 1. The first-order valence-corrected chi connectivity index (χ1v) is 7.98. The Hall–Kier alpha value is -2.33. The first-order chi connectivity index (χ1) is 11.3. The van der Waals surface area contributed by atoms with Crippen LogP contribution in [0.4, 0.5) is 4.39 Å². The van der Waals surface area contributed by atoms with Crippen molar-refractivity contribution in [3.63, 3.8) is 0 Å². The van der Waals surface area contributed by atoms with Crippen molar-refractivity contribution in [2.24, 2.45) is 0 Å². The number of benzene rings is 2. The first-order valence-electron chi connectivity index (χ1n) is 7.98. The average Bonchev–Trinajstić information content (AvgIpc) is 2.98. The molecule has 4 heteroatoms. The van der Waals surface area contributed by atoms with Gasteiger partial charge in [0.05, 0.1) is 12.1 Å². The molecule has 0 aliphatic heterocycles. The van der Waals surface area contributed by atoms with E-state index in [4.69, 9.17) is 4.74 Å². The Morgan fingerprint density at radius 3 is 2.70 bits per heavy atom. The molecule has 0 radical (unpaired) electrons. The molecule has 2 aromatic carbocycles. The van der Waals surface area contributed by atoms with Crippen LogP contribution in [0.1, 0.15) is 13.3 Å². The van der Waals surface area contributed by atoms with Gasteiger partial charge in [-0.05, 0) is 68.0 Å². The van der Waals surface area contributed by atoms with E-state index in [2.05, 4.69) is 12.2 Å². The molecular formula is C19H21FN2O. The van der Waals surface area contributed by atoms with E-state index in [0.29, 0.717) is 6.61 Å². The summed E-state index contributed by atoms with van der Waals surface area (Å²) in [6.07, 6.45) is 2.98. The van der Waals surface area contributed by atoms with Gasteiger partial charge in [0.1, 0.15) is 11.6 Å². The highest BCUT2D eigenvalue weighted by Crippen LogP contribution is 2.25. The number of halogens is 1. The Bertz CT molecular complexity index is 765. The van der Waals surface area contributed by atoms with Crippen LogP contribution in [0.2, 0.25) is 0 Å². The summed E-state index contributed by atoms with van der Waals surface area (Å²) in [5.41, 5.74) is 2.03. The number of nitrogens with zero attached hydrogens (tertiary/aromatic N) is 1. The quantitative estimate of drug-likeness (QED) is 0.663. The summed E-state index contributed by atoms with van der Waals surface area (Å²) in [5, 5.41) is 4.39. The third-order valence-corrected chi connectivity index (χ3v) is 3.78. The minimum Gasteiger partial charge on any atom is -0.494 e. The fraction of sp³-hybridized carbons (Fsp3) is 0.263. The molecule has 0 amide bonds. The maximum Gasteiger partial charge on any atom is 0.123 e. The summed E-state index contributed by atoms with van der Waals surface area (Å²) in [7, 11) is 0. The zero-order chi connectivity index (χ0) is 16.1. The average molecular weight is 312 g/mol. The van der Waals surface area contributed by atoms with Gasteiger partial charge < -0.3 is 14.6 Å². The van der Waals surface area contributed by atoms with Gasteiger partial charge in [0.25, 0.3) is 0 Å². The Labute approximate surface area is 135 Å². The molecule has 0 bridgehead atoms. The van der Waals surface area contributed by atoms with Crippen LogP contribution in [0.25, 0.3) is 16.6 Å². The summed E-state index contributed by atoms with van der Waals surface area (Å²) >= 11 is 0. The summed E-state index contributed by atoms with van der Waals surface area (Å²) in [6.45, 7) is 4.76. The van der Waals surface area contributed by atoms with E-state index in [-0.39, 0.29) is 5.82 Å². The lowest BCUT2D eigenvalue weighted by Gasteiger charge is -2.08. The smallest absolute Gasteiger partial charge is 0.123 e. The number of nitrogens with one attached hydrogen (secondary N) is 1. The molecule has 0 saturated carbocycles. The zero-order valence-corrected chi connectivity index (χ0v) is 13.3. The van der Waals surface area contributed by atoms with Crippen LogP contribution in [-0.4, -0.2) is 24.3 Å². The molecule has 0 saturated heterocycles. The Kier molecular flexibility index (Phi) is 4.93. The number of hydrogen-bond acceptors (Lipinski definition) is 2. The highest BCUT2D eigenvalue weighted by molar-refractivity contribution is 5.83. The maximum absolute atomic E-state index is 13.1. The van der Waals surface area contributed by atoms with Gasteiger partial charge in [0.2, 0.25) is 0 Å². The van der Waals surface area contributed by atoms with Crippen LogP contribution in [0, 0.1) is 5.82 Å². The van der Waals surface area contributed by atoms with Crippen LogP contribution in [0.5, 0.6) is 5.75 Å². The lowest BCUT2D eigenvalue weighted by molar-refractivity contribution is 0.309. The normalized spacial score (nSPS) is 11.0. The molecule has 0 aliphatic carbocycles. The van der Waals surface area contributed by atoms with E-state index < -0.39 is 0 Å². The van der Waals surface area contributed by atoms with E-state index >= 15 is 0 Å². The number of ether oxygens (including phenoxy) is 1. The largest absolute Gasteiger partial charge is 0.494 e. The second-order valence-corrected chi connectivity index (χ2v) is 5.44. The molecule has 3 aromatic rings. The van der Waals surface area contributed by atoms with Crippen LogP contribution in [-0.2, 0) is 0 Å². The third kappa shape index (κ3) is 3.71. The van der Waals surface area contributed by atoms with E-state index in [9.17, 15) is 4.39 Å². The molecule has 0 spiro atoms. The maximum atomic E-state index is 13.1. The van der Waals surface area contributed by atoms with Crippen molar-refractivity contribution in [3.8, 4) is 11.4 Å². The van der Waals surface area contributed by atoms with E-state index in [0.717, 1.165) is 41.9 Å². The second kappa shape index (κ2) is 7.29. The predicted molar refractivity (Wildman–Crippen MR) is 91.9 cm³/mol. The van der Waals surface area contributed by atoms with E-state index in [1.54, 1.807) is 12.1 Å². The lowest BCUT2D eigenvalue weighted by Crippen LogP contribution is -2.16. The Morgan fingerprint density at radius 1 is 1.09 bits per heavy atom. The molecule has 0 atom stereocenters. The summed E-state index contributed by atoms with van der Waals surface area (Å²) < 4.78 is 20.9. The zero-order valence-electron chi connectivity index (χ0n) is 13.3. The summed E-state index contributed by atoms with van der Waals surface area (Å²) in [5.74, 6) is 0.657. The van der Waals surface area contributed by atoms with Crippen molar-refractivity contribution in [2.45, 2.75) is 13.3 Å². The van der Waals surface area contributed by atoms with Crippen molar-refractivity contribution in [1.82, 2.24) is 9.88 Å². The monoisotopic (exact) mass is 312 g/mol. The number of fused-ring (bicyclic) bond motifs is 1. The molecule has 23 heavy (non-hydrogen) atoms. The molecular weight excluding hydrogens is 291 g/mol. The molecule has 0 fully saturated rings. The van der Waals surface area contributed by atoms with Crippen molar-refractivity contribution in [1.29, 1.82) is 0 Å². The highest BCUT2D eigenvalue weighted by Gasteiger charge is 2.05. The van der Waals surface area contributed by atoms with Crippen molar-refractivity contribution < 1.29 is 9.13 Å². The van der Waals surface area contributed by atoms with Gasteiger partial charge in [-0.3, -0.25) is 0 Å². The fourth-order valence-corrected chi connectivity index (χ4v) is 2.60. The lowest BCUT2D eigenvalue weighted by atomic mass is 10.2. The van der Waals surface area contributed by atoms with Crippen LogP contribution in [0.15, 0.2) is 54.7 Å². The molecule has 3 nitrogen and oxygen atoms in total. The van der Waals surface area contributed by atoms with E-state index in [1.807, 2.05) is 35.0 Å². The van der Waals surface area contributed by atoms with Crippen molar-refractivity contribution in [3.05, 3.63) is 60.5 Å². The second-order valence-electron chi connectivity index (χ2n) is 5.44. The van der Waals surface area contributed by atoms with Crippen LogP contribution < -0.4 is 10.1 Å². The van der Waals surface area contributed by atoms with Gasteiger partial charge in [-0.2, -0.15) is 0 Å². The van der Waals surface area contributed by atoms with Gasteiger partial charge in [-0.25, -0.2) is 4.39 Å². The van der Waals surface area contributed by atoms with Gasteiger partial charge in [0, 0.05) is 17.3 Å². The van der Waals surface area contributed by atoms with Gasteiger partial charge >= 0.3 is 0 Å². The van der Waals surface area contributed by atoms with Gasteiger partial charge in [-0.15, -0.1) is 0 Å². The fourth-order valence-electron chi connectivity index (χ4n) is 2.60. The van der Waals surface area contributed by atoms with E-state index in [1.165, 1.54) is 12.1 Å². The van der Waals surface area contributed by atoms with Crippen molar-refractivity contribution >= 4 is 10.9 Å². The van der Waals surface area contributed by atoms with Gasteiger partial charge in [-0.1, -0.05) is 6.92 Å². The molecule has 0 unspecified atom stereocenters. The van der Waals surface area contributed by atoms with Gasteiger partial charge in [0.15, 0.2) is 0 Å². The minimum absolute atomic E-state index is 0.224. The SMILES string of the molecule is CCNCCCOc1ccc2c(ccn2-c2ccc(F)cc2)c1. The topological polar surface area (TPSA) is 26.2 Å². The van der Waals surface area contributed by atoms with Crippen molar-refractivity contribution in [2.75, 3.05) is 19.7 Å². The molecule has 1 heterocycles. The molecule has 0 aliphatic rings. The first kappa shape index (κ1) is 15.6. The number of rotatable bonds is 7. The molecule has 1 aromatic heterocycles. The minimum atomic E-state index is -0.224. The molecule has 120 valence electrons. The highest BCUT2D eigenvalue weighted by atomic mass is 19.1. The molecule has 3 rings (SSSR count). The molecule has 1 N–H and O–H groups in total. The standard InChI is InChI=1S/C19H21FN2O/c1-2-21-11-3-13-23-18-8-9-19-15(14-18)10-12-22(19)17-6-4-16(20)5-7-17/h4-10,12,14,21H,2-3,11,13H2,1H3. The number of aromatic nitrogens is 1. The van der Waals surface area contributed by atoms with Crippen LogP contribution >= 0.6 is 0 Å². The predicted octanol–water partition coefficient (Wildman–Crippen LogP) is 4.15. The summed E-state index contributed by atoms with van der Waals surface area (Å²) in [4.78, 5) is 0.